The van der Waals surface area contributed by atoms with Crippen LogP contribution in [0.1, 0.15) is 168 Å². The van der Waals surface area contributed by atoms with Crippen LogP contribution in [0.25, 0.3) is 45.6 Å². The Balaban J connectivity index is 0.000000250. The predicted octanol–water partition coefficient (Wildman–Crippen LogP) is 19.4. The lowest BCUT2D eigenvalue weighted by Crippen LogP contribution is -2.31. The number of halogens is 8. The largest absolute Gasteiger partial charge is 0.478 e. The average Bonchev–Trinajstić information content (AvgIpc) is 0.800. The van der Waals surface area contributed by atoms with Gasteiger partial charge in [0.2, 0.25) is 0 Å². The molecule has 36 heteroatoms. The zero-order chi connectivity index (χ0) is 91.9. The van der Waals surface area contributed by atoms with E-state index in [1.165, 1.54) is 129 Å². The number of carbonyl (C=O) groups is 4. The number of rotatable bonds is 19. The van der Waals surface area contributed by atoms with Gasteiger partial charge in [0.05, 0.1) is 69.9 Å². The fourth-order valence-corrected chi connectivity index (χ4v) is 11.6. The number of esters is 1. The Hall–Kier alpha value is -12.4. The molecule has 0 saturated carbocycles. The molecule has 125 heavy (non-hydrogen) atoms. The quantitative estimate of drug-likeness (QED) is 0.0264. The van der Waals surface area contributed by atoms with E-state index in [0.717, 1.165) is 29.4 Å². The molecule has 0 bridgehead atoms. The van der Waals surface area contributed by atoms with Crippen molar-refractivity contribution in [3.05, 3.63) is 259 Å². The number of hydrogen-bond donors (Lipinski definition) is 11. The number of hydrogen-bond acceptors (Lipinski definition) is 25. The number of methoxy groups -OCH3 is 1. The second-order valence-corrected chi connectivity index (χ2v) is 33.0. The van der Waals surface area contributed by atoms with Gasteiger partial charge in [0.25, 0.3) is 5.91 Å². The predicted molar refractivity (Wildman–Crippen MR) is 480 cm³/mol. The number of nitrogens with two attached hydrogens (primary N) is 1. The van der Waals surface area contributed by atoms with Crippen LogP contribution in [0.2, 0.25) is 20.1 Å². The summed E-state index contributed by atoms with van der Waals surface area (Å²) in [6.45, 7) is 27.5. The van der Waals surface area contributed by atoms with E-state index in [0.29, 0.717) is 72.7 Å². The number of nitrogens with zero attached hydrogens (tertiary/aromatic N) is 12. The summed E-state index contributed by atoms with van der Waals surface area (Å²) in [7, 11) is 2.30. The molecule has 660 valence electrons. The van der Waals surface area contributed by atoms with E-state index < -0.39 is 53.2 Å². The molecule has 2 atom stereocenters. The van der Waals surface area contributed by atoms with E-state index in [1.54, 1.807) is 63.2 Å². The third-order valence-electron chi connectivity index (χ3n) is 17.4. The van der Waals surface area contributed by atoms with Crippen LogP contribution in [0.15, 0.2) is 171 Å². The Kier molecular flexibility index (Phi) is 36.7. The molecular weight excluding hydrogens is 1700 g/mol. The SMILES string of the molecule is C.CC(C)(C)c1cnc(-c2cc(Cl)ccc2F)nc1Nc1ccncc1C(=O)O.CC(C)(C)c1cnc(-c2cc(Cl)ccc2F)nc1Nc1ccncc1C(=O)O.CO.COC(=O)c1cnccc1Nc1nc(-c2cc(Cl)ccc2F)ncc1C(C)(C)C.C[C@H](O)CN.C[C@H](O)CNC(=O)c1cnccc1Nc1nc(-c2cc(Cl)ccc2F)ncc1C(C)(C)C. The van der Waals surface area contributed by atoms with E-state index in [4.69, 9.17) is 67.1 Å². The molecular formula is C89H98Cl4F4N18O10. The topological polar surface area (TPSA) is 420 Å². The van der Waals surface area contributed by atoms with Crippen molar-refractivity contribution in [2.24, 2.45) is 5.73 Å². The number of aliphatic hydroxyl groups is 3. The fourth-order valence-electron chi connectivity index (χ4n) is 11.0. The van der Waals surface area contributed by atoms with Crippen LogP contribution < -0.4 is 32.3 Å². The second kappa shape index (κ2) is 45.3. The number of benzene rings is 4. The number of carbonyl (C=O) groups excluding carboxylic acids is 2. The molecule has 0 aliphatic heterocycles. The highest BCUT2D eigenvalue weighted by Crippen LogP contribution is 2.39. The van der Waals surface area contributed by atoms with Gasteiger partial charge in [0.1, 0.15) is 63.2 Å². The van der Waals surface area contributed by atoms with Gasteiger partial charge < -0.3 is 62.6 Å². The van der Waals surface area contributed by atoms with Crippen molar-refractivity contribution < 1.29 is 67.0 Å². The average molecular weight is 1800 g/mol. The van der Waals surface area contributed by atoms with Crippen molar-refractivity contribution in [3.8, 4) is 45.6 Å². The summed E-state index contributed by atoms with van der Waals surface area (Å²) in [5.74, 6) is -2.91. The maximum Gasteiger partial charge on any atom is 0.341 e. The van der Waals surface area contributed by atoms with Gasteiger partial charge in [-0.05, 0) is 133 Å². The van der Waals surface area contributed by atoms with Gasteiger partial charge in [-0.15, -0.1) is 0 Å². The van der Waals surface area contributed by atoms with Gasteiger partial charge in [0, 0.05) is 137 Å². The molecule has 28 nitrogen and oxygen atoms in total. The Morgan fingerprint density at radius 3 is 0.880 bits per heavy atom. The minimum absolute atomic E-state index is 0. The molecule has 0 unspecified atom stereocenters. The number of nitrogens with one attached hydrogen (secondary N) is 5. The van der Waals surface area contributed by atoms with Crippen molar-refractivity contribution in [3.63, 3.8) is 0 Å². The molecule has 0 aliphatic rings. The number of aromatic nitrogens is 12. The second-order valence-electron chi connectivity index (χ2n) is 31.3. The van der Waals surface area contributed by atoms with Crippen molar-refractivity contribution >= 4 is 116 Å². The summed E-state index contributed by atoms with van der Waals surface area (Å²) in [4.78, 5) is 98.7. The first-order valence-corrected chi connectivity index (χ1v) is 39.4. The van der Waals surface area contributed by atoms with Gasteiger partial charge in [-0.25, -0.2) is 71.8 Å². The third-order valence-corrected chi connectivity index (χ3v) is 18.3. The Morgan fingerprint density at radius 2 is 0.648 bits per heavy atom. The first-order valence-electron chi connectivity index (χ1n) is 37.9. The van der Waals surface area contributed by atoms with Crippen molar-refractivity contribution in [2.45, 2.75) is 138 Å². The molecule has 0 radical (unpaired) electrons. The number of carboxylic acid groups (broad SMARTS) is 2. The summed E-state index contributed by atoms with van der Waals surface area (Å²) in [6.07, 6.45) is 16.8. The molecule has 4 aromatic carbocycles. The standard InChI is InChI=1S/C23H25ClFN5O2.C21H20ClFN4O2.2C20H18ClFN4O2.C3H9NO.CH4O.CH4/c1-13(31)10-28-22(32)16-11-26-8-7-19(16)29-21-17(23(2,3)4)12-27-20(30-21)15-9-14(24)5-6-18(15)25;1-21(2,3)15-11-25-18(13-9-12(22)5-6-16(13)23)27-19(15)26-17-7-8-24-10-14(17)20(28)29-4;2*1-20(2,3)14-10-24-17(12-8-11(21)4-5-15(12)22)26-18(14)25-16-6-7-23-9-13(16)19(27)28;1-3(5)2-4;1-2;/h5-9,11-13,31H,10H2,1-4H3,(H,28,32)(H,26,27,29,30);5-11H,1-4H3,(H,24,25,26,27);2*4-10H,1-3H3,(H,27,28)(H,23,24,25,26);3,5H,2,4H2,1H3;2H,1H3;1H4/t13-;;;;3-;;/m0...0../s1. The lowest BCUT2D eigenvalue weighted by molar-refractivity contribution is 0.0599. The van der Waals surface area contributed by atoms with E-state index in [2.05, 4.69) is 86.4 Å². The van der Waals surface area contributed by atoms with Gasteiger partial charge in [0.15, 0.2) is 23.3 Å². The van der Waals surface area contributed by atoms with E-state index in [9.17, 15) is 52.1 Å². The van der Waals surface area contributed by atoms with Crippen LogP contribution >= 0.6 is 46.4 Å². The zero-order valence-corrected chi connectivity index (χ0v) is 73.5. The molecule has 0 saturated heterocycles. The van der Waals surface area contributed by atoms with Crippen LogP contribution in [0.4, 0.5) is 63.6 Å². The molecule has 8 aromatic heterocycles. The van der Waals surface area contributed by atoms with Crippen LogP contribution in [0.3, 0.4) is 0 Å². The van der Waals surface area contributed by atoms with Crippen LogP contribution in [-0.2, 0) is 26.4 Å². The van der Waals surface area contributed by atoms with Crippen LogP contribution in [0, 0.1) is 23.3 Å². The number of pyridine rings is 4. The third kappa shape index (κ3) is 28.6. The summed E-state index contributed by atoms with van der Waals surface area (Å²) < 4.78 is 62.1. The fraction of sp³-hybridized carbons (Fsp3) is 0.281. The number of ether oxygens (including phenoxy) is 1. The lowest BCUT2D eigenvalue weighted by Gasteiger charge is -2.23. The normalized spacial score (nSPS) is 11.5. The molecule has 12 rings (SSSR count). The molecule has 1 amide bonds. The highest BCUT2D eigenvalue weighted by atomic mass is 35.5. The highest BCUT2D eigenvalue weighted by Gasteiger charge is 2.29. The van der Waals surface area contributed by atoms with Gasteiger partial charge in [-0.3, -0.25) is 24.7 Å². The molecule has 0 spiro atoms. The smallest absolute Gasteiger partial charge is 0.341 e. The molecule has 0 aliphatic carbocycles. The number of amides is 1. The first-order chi connectivity index (χ1) is 58.4. The van der Waals surface area contributed by atoms with Crippen LogP contribution in [-0.4, -0.2) is 149 Å². The van der Waals surface area contributed by atoms with Gasteiger partial charge in [-0.1, -0.05) is 137 Å². The first kappa shape index (κ1) is 101. The van der Waals surface area contributed by atoms with Gasteiger partial charge in [-0.2, -0.15) is 0 Å². The highest BCUT2D eigenvalue weighted by molar-refractivity contribution is 6.32. The minimum atomic E-state index is -1.12. The van der Waals surface area contributed by atoms with Gasteiger partial charge >= 0.3 is 17.9 Å². The lowest BCUT2D eigenvalue weighted by atomic mass is 9.88. The Morgan fingerprint density at radius 1 is 0.408 bits per heavy atom. The monoisotopic (exact) mass is 1790 g/mol. The summed E-state index contributed by atoms with van der Waals surface area (Å²) >= 11 is 24.0. The molecule has 12 N–H and O–H groups in total. The number of aliphatic hydroxyl groups excluding tert-OH is 3. The maximum absolute atomic E-state index is 14.4. The molecule has 8 heterocycles. The summed E-state index contributed by atoms with van der Waals surface area (Å²) in [5, 5.41) is 60.0. The zero-order valence-electron chi connectivity index (χ0n) is 70.5. The maximum atomic E-state index is 14.4. The summed E-state index contributed by atoms with van der Waals surface area (Å²) in [5.41, 5.74) is 9.40. The minimum Gasteiger partial charge on any atom is -0.478 e. The van der Waals surface area contributed by atoms with E-state index in [1.807, 2.05) is 83.1 Å². The van der Waals surface area contributed by atoms with Crippen LogP contribution in [0.5, 0.6) is 0 Å². The molecule has 0 fully saturated rings. The van der Waals surface area contributed by atoms with E-state index >= 15 is 0 Å². The van der Waals surface area contributed by atoms with E-state index in [-0.39, 0.29) is 110 Å². The number of carboxylic acids is 2. The Bertz CT molecular complexity index is 5590. The van der Waals surface area contributed by atoms with Crippen molar-refractivity contribution in [1.82, 2.24) is 65.1 Å². The number of anilines is 8. The molecule has 12 aromatic rings. The Labute approximate surface area is 741 Å². The number of aromatic carboxylic acids is 2. The van der Waals surface area contributed by atoms with Crippen molar-refractivity contribution in [1.29, 1.82) is 0 Å². The van der Waals surface area contributed by atoms with Crippen molar-refractivity contribution in [2.75, 3.05) is 48.6 Å². The summed E-state index contributed by atoms with van der Waals surface area (Å²) in [6, 6.07) is 23.0.